The molecule has 0 bridgehead atoms. The van der Waals surface area contributed by atoms with Gasteiger partial charge in [-0.3, -0.25) is 4.79 Å². The lowest BCUT2D eigenvalue weighted by molar-refractivity contribution is -0.138. The van der Waals surface area contributed by atoms with E-state index in [0.717, 1.165) is 24.8 Å². The number of hydrogen-bond donors (Lipinski definition) is 2. The molecule has 2 rings (SSSR count). The maximum absolute atomic E-state index is 10.7. The summed E-state index contributed by atoms with van der Waals surface area (Å²) in [6, 6.07) is 7.04. The van der Waals surface area contributed by atoms with Crippen LogP contribution in [0.5, 0.6) is 5.75 Å². The van der Waals surface area contributed by atoms with Gasteiger partial charge < -0.3 is 10.2 Å². The Kier molecular flexibility index (Phi) is 3.13. The highest BCUT2D eigenvalue weighted by Crippen LogP contribution is 2.40. The Balaban J connectivity index is 1.99. The van der Waals surface area contributed by atoms with Gasteiger partial charge in [0.25, 0.3) is 0 Å². The molecule has 1 atom stereocenters. The van der Waals surface area contributed by atoms with Crippen molar-refractivity contribution >= 4 is 5.97 Å². The van der Waals surface area contributed by atoms with E-state index in [-0.39, 0.29) is 18.1 Å². The maximum Gasteiger partial charge on any atom is 0.303 e. The second-order valence-electron chi connectivity index (χ2n) is 4.57. The van der Waals surface area contributed by atoms with Gasteiger partial charge in [0.1, 0.15) is 5.75 Å². The fourth-order valence-electron chi connectivity index (χ4n) is 2.13. The van der Waals surface area contributed by atoms with Crippen molar-refractivity contribution < 1.29 is 15.0 Å². The SMILES string of the molecule is O=C(O)CC(Cc1ccc(O)cc1)C1CC1. The number of phenols is 1. The number of rotatable bonds is 5. The van der Waals surface area contributed by atoms with Crippen molar-refractivity contribution in [2.45, 2.75) is 25.7 Å². The molecule has 0 heterocycles. The number of carbonyl (C=O) groups is 1. The Morgan fingerprint density at radius 3 is 2.44 bits per heavy atom. The smallest absolute Gasteiger partial charge is 0.303 e. The van der Waals surface area contributed by atoms with Gasteiger partial charge in [-0.2, -0.15) is 0 Å². The predicted molar refractivity (Wildman–Crippen MR) is 60.3 cm³/mol. The van der Waals surface area contributed by atoms with Crippen LogP contribution in [0.25, 0.3) is 0 Å². The third-order valence-electron chi connectivity index (χ3n) is 3.16. The molecule has 3 heteroatoms. The van der Waals surface area contributed by atoms with Crippen molar-refractivity contribution in [1.82, 2.24) is 0 Å². The van der Waals surface area contributed by atoms with Crippen LogP contribution < -0.4 is 0 Å². The van der Waals surface area contributed by atoms with Gasteiger partial charge in [0.05, 0.1) is 0 Å². The molecule has 2 N–H and O–H groups in total. The molecule has 0 aliphatic heterocycles. The molecule has 1 aliphatic carbocycles. The van der Waals surface area contributed by atoms with E-state index in [9.17, 15) is 4.79 Å². The molecule has 16 heavy (non-hydrogen) atoms. The van der Waals surface area contributed by atoms with E-state index in [2.05, 4.69) is 0 Å². The minimum absolute atomic E-state index is 0.252. The zero-order valence-electron chi connectivity index (χ0n) is 9.10. The van der Waals surface area contributed by atoms with Crippen LogP contribution in [-0.4, -0.2) is 16.2 Å². The number of hydrogen-bond acceptors (Lipinski definition) is 2. The van der Waals surface area contributed by atoms with Crippen LogP contribution in [-0.2, 0) is 11.2 Å². The largest absolute Gasteiger partial charge is 0.508 e. The molecule has 86 valence electrons. The van der Waals surface area contributed by atoms with Crippen molar-refractivity contribution in [3.05, 3.63) is 29.8 Å². The number of carboxylic acids is 1. The zero-order valence-corrected chi connectivity index (χ0v) is 9.10. The van der Waals surface area contributed by atoms with Crippen molar-refractivity contribution in [2.24, 2.45) is 11.8 Å². The summed E-state index contributed by atoms with van der Waals surface area (Å²) in [7, 11) is 0. The van der Waals surface area contributed by atoms with Gasteiger partial charge in [-0.1, -0.05) is 12.1 Å². The van der Waals surface area contributed by atoms with Gasteiger partial charge >= 0.3 is 5.97 Å². The number of phenolic OH excluding ortho intramolecular Hbond substituents is 1. The van der Waals surface area contributed by atoms with Crippen LogP contribution in [0.3, 0.4) is 0 Å². The highest BCUT2D eigenvalue weighted by molar-refractivity contribution is 5.67. The van der Waals surface area contributed by atoms with Crippen molar-refractivity contribution in [2.75, 3.05) is 0 Å². The van der Waals surface area contributed by atoms with Crippen LogP contribution in [0.4, 0.5) is 0 Å². The van der Waals surface area contributed by atoms with E-state index >= 15 is 0 Å². The standard InChI is InChI=1S/C13H16O3/c14-12-5-1-9(2-6-12)7-11(8-13(15)16)10-3-4-10/h1-2,5-6,10-11,14H,3-4,7-8H2,(H,15,16). The first-order chi connectivity index (χ1) is 7.65. The van der Waals surface area contributed by atoms with Gasteiger partial charge in [-0.15, -0.1) is 0 Å². The second-order valence-corrected chi connectivity index (χ2v) is 4.57. The summed E-state index contributed by atoms with van der Waals surface area (Å²) < 4.78 is 0. The van der Waals surface area contributed by atoms with Crippen LogP contribution in [0, 0.1) is 11.8 Å². The highest BCUT2D eigenvalue weighted by atomic mass is 16.4. The average molecular weight is 220 g/mol. The normalized spacial score (nSPS) is 17.0. The summed E-state index contributed by atoms with van der Waals surface area (Å²) in [4.78, 5) is 10.7. The quantitative estimate of drug-likeness (QED) is 0.801. The molecule has 1 unspecified atom stereocenters. The Hall–Kier alpha value is -1.51. The second kappa shape index (κ2) is 4.56. The number of aliphatic carboxylic acids is 1. The van der Waals surface area contributed by atoms with Crippen LogP contribution in [0.2, 0.25) is 0 Å². The van der Waals surface area contributed by atoms with Crippen LogP contribution in [0.15, 0.2) is 24.3 Å². The third-order valence-corrected chi connectivity index (χ3v) is 3.16. The van der Waals surface area contributed by atoms with Gasteiger partial charge in [0.15, 0.2) is 0 Å². The molecule has 0 spiro atoms. The molecule has 1 aliphatic rings. The summed E-state index contributed by atoms with van der Waals surface area (Å²) >= 11 is 0. The number of aromatic hydroxyl groups is 1. The molecule has 1 aromatic carbocycles. The molecule has 1 aromatic rings. The maximum atomic E-state index is 10.7. The fraction of sp³-hybridized carbons (Fsp3) is 0.462. The fourth-order valence-corrected chi connectivity index (χ4v) is 2.13. The molecule has 1 saturated carbocycles. The Bertz CT molecular complexity index is 365. The summed E-state index contributed by atoms with van der Waals surface area (Å²) in [5.41, 5.74) is 1.11. The topological polar surface area (TPSA) is 57.5 Å². The van der Waals surface area contributed by atoms with Gasteiger partial charge in [-0.25, -0.2) is 0 Å². The summed E-state index contributed by atoms with van der Waals surface area (Å²) in [5.74, 6) is 0.382. The third kappa shape index (κ3) is 2.99. The van der Waals surface area contributed by atoms with Gasteiger partial charge in [0.2, 0.25) is 0 Å². The molecule has 0 aromatic heterocycles. The minimum atomic E-state index is -0.712. The molecule has 0 saturated heterocycles. The minimum Gasteiger partial charge on any atom is -0.508 e. The van der Waals surface area contributed by atoms with Crippen LogP contribution >= 0.6 is 0 Å². The van der Waals surface area contributed by atoms with E-state index in [4.69, 9.17) is 10.2 Å². The van der Waals surface area contributed by atoms with Crippen LogP contribution in [0.1, 0.15) is 24.8 Å². The Morgan fingerprint density at radius 1 is 1.31 bits per heavy atom. The number of carboxylic acid groups (broad SMARTS) is 1. The Labute approximate surface area is 94.7 Å². The molecule has 0 amide bonds. The van der Waals surface area contributed by atoms with Gasteiger partial charge in [-0.05, 0) is 48.8 Å². The first-order valence-electron chi connectivity index (χ1n) is 5.65. The molecular weight excluding hydrogens is 204 g/mol. The first kappa shape index (κ1) is 11.0. The first-order valence-corrected chi connectivity index (χ1v) is 5.65. The van der Waals surface area contributed by atoms with Crippen molar-refractivity contribution in [3.63, 3.8) is 0 Å². The molecular formula is C13H16O3. The van der Waals surface area contributed by atoms with E-state index in [0.29, 0.717) is 5.92 Å². The molecule has 3 nitrogen and oxygen atoms in total. The van der Waals surface area contributed by atoms with E-state index in [1.807, 2.05) is 12.1 Å². The average Bonchev–Trinajstić information content (AvgIpc) is 3.03. The van der Waals surface area contributed by atoms with E-state index < -0.39 is 5.97 Å². The van der Waals surface area contributed by atoms with Gasteiger partial charge in [0, 0.05) is 6.42 Å². The highest BCUT2D eigenvalue weighted by Gasteiger charge is 2.32. The lowest BCUT2D eigenvalue weighted by atomic mass is 9.92. The lowest BCUT2D eigenvalue weighted by Crippen LogP contribution is -2.12. The zero-order chi connectivity index (χ0) is 11.5. The van der Waals surface area contributed by atoms with E-state index in [1.54, 1.807) is 12.1 Å². The summed E-state index contributed by atoms with van der Waals surface area (Å²) in [5, 5.41) is 18.0. The van der Waals surface area contributed by atoms with E-state index in [1.165, 1.54) is 0 Å². The van der Waals surface area contributed by atoms with Crippen molar-refractivity contribution in [3.8, 4) is 5.75 Å². The summed E-state index contributed by atoms with van der Waals surface area (Å²) in [6.07, 6.45) is 3.38. The number of benzene rings is 1. The Morgan fingerprint density at radius 2 is 1.94 bits per heavy atom. The molecule has 1 fully saturated rings. The summed E-state index contributed by atoms with van der Waals surface area (Å²) in [6.45, 7) is 0. The molecule has 0 radical (unpaired) electrons. The monoisotopic (exact) mass is 220 g/mol. The van der Waals surface area contributed by atoms with Crippen molar-refractivity contribution in [1.29, 1.82) is 0 Å². The predicted octanol–water partition coefficient (Wildman–Crippen LogP) is 2.44. The lowest BCUT2D eigenvalue weighted by Gasteiger charge is -2.13.